The first-order valence-corrected chi connectivity index (χ1v) is 10.9. The number of nitrogens with zero attached hydrogens (tertiary/aromatic N) is 1. The Morgan fingerprint density at radius 2 is 1.11 bits per heavy atom. The molecule has 0 spiro atoms. The summed E-state index contributed by atoms with van der Waals surface area (Å²) in [6, 6.07) is 0. The van der Waals surface area contributed by atoms with Crippen LogP contribution >= 0.6 is 0 Å². The molecule has 0 aliphatic heterocycles. The zero-order valence-corrected chi connectivity index (χ0v) is 21.7. The molecule has 0 rings (SSSR count). The molecule has 0 bridgehead atoms. The minimum Gasteiger partial charge on any atom is -0.550 e. The van der Waals surface area contributed by atoms with Crippen molar-refractivity contribution in [3.8, 4) is 0 Å². The Kier molecular flexibility index (Phi) is 39.9. The van der Waals surface area contributed by atoms with Crippen LogP contribution in [0.15, 0.2) is 0 Å². The van der Waals surface area contributed by atoms with Crippen LogP contribution < -0.4 is 34.7 Å². The van der Waals surface area contributed by atoms with Crippen molar-refractivity contribution in [3.05, 3.63) is 0 Å². The molecule has 0 aromatic carbocycles. The quantitative estimate of drug-likeness (QED) is 0.329. The van der Waals surface area contributed by atoms with Crippen LogP contribution in [0.4, 0.5) is 0 Å². The molecular formula is C22H46NNaO4. The molecule has 0 aromatic heterocycles. The predicted molar refractivity (Wildman–Crippen MR) is 113 cm³/mol. The monoisotopic (exact) mass is 411 g/mol. The largest absolute Gasteiger partial charge is 1.00 e. The molecule has 164 valence electrons. The van der Waals surface area contributed by atoms with E-state index in [1.54, 1.807) is 6.92 Å². The van der Waals surface area contributed by atoms with Crippen LogP contribution in [0, 0.1) is 0 Å². The molecular weight excluding hydrogens is 365 g/mol. The molecule has 6 heteroatoms. The summed E-state index contributed by atoms with van der Waals surface area (Å²) in [6.07, 6.45) is 16.2. The van der Waals surface area contributed by atoms with Crippen molar-refractivity contribution in [2.75, 3.05) is 20.6 Å². The van der Waals surface area contributed by atoms with Gasteiger partial charge in [-0.1, -0.05) is 85.0 Å². The van der Waals surface area contributed by atoms with Gasteiger partial charge in [0.1, 0.15) is 0 Å². The maximum Gasteiger partial charge on any atom is 1.00 e. The molecule has 0 aliphatic carbocycles. The van der Waals surface area contributed by atoms with Crippen molar-refractivity contribution in [3.63, 3.8) is 0 Å². The number of aliphatic carboxylic acids is 2. The average molecular weight is 412 g/mol. The first-order chi connectivity index (χ1) is 12.8. The smallest absolute Gasteiger partial charge is 0.550 e. The first-order valence-electron chi connectivity index (χ1n) is 10.9. The second-order valence-electron chi connectivity index (χ2n) is 7.25. The maximum atomic E-state index is 9.60. The van der Waals surface area contributed by atoms with E-state index < -0.39 is 11.9 Å². The summed E-state index contributed by atoms with van der Waals surface area (Å²) in [4.78, 5) is 21.4. The van der Waals surface area contributed by atoms with Gasteiger partial charge in [0.05, 0.1) is 0 Å². The number of hydrogen-bond acceptors (Lipinski definition) is 4. The van der Waals surface area contributed by atoms with Gasteiger partial charge in [-0.05, 0) is 39.9 Å². The van der Waals surface area contributed by atoms with Gasteiger partial charge in [-0.2, -0.15) is 0 Å². The minimum absolute atomic E-state index is 0. The fourth-order valence-electron chi connectivity index (χ4n) is 2.33. The van der Waals surface area contributed by atoms with Gasteiger partial charge in [-0.25, -0.2) is 0 Å². The fraction of sp³-hybridized carbons (Fsp3) is 0.909. The second kappa shape index (κ2) is 31.6. The summed E-state index contributed by atoms with van der Waals surface area (Å²) < 4.78 is 0. The van der Waals surface area contributed by atoms with E-state index in [0.29, 0.717) is 12.8 Å². The number of carboxylic acid groups (broad SMARTS) is 2. The third kappa shape index (κ3) is 50.1. The number of carboxylic acids is 2. The Morgan fingerprint density at radius 1 is 0.714 bits per heavy atom. The van der Waals surface area contributed by atoms with Gasteiger partial charge in [0.2, 0.25) is 0 Å². The third-order valence-electron chi connectivity index (χ3n) is 3.88. The van der Waals surface area contributed by atoms with E-state index in [4.69, 9.17) is 5.11 Å². The number of carbonyl (C=O) groups is 2. The summed E-state index contributed by atoms with van der Waals surface area (Å²) >= 11 is 0. The molecule has 0 amide bonds. The van der Waals surface area contributed by atoms with Crippen LogP contribution in [-0.4, -0.2) is 42.6 Å². The summed E-state index contributed by atoms with van der Waals surface area (Å²) in [5.41, 5.74) is 0. The minimum atomic E-state index is -0.961. The zero-order chi connectivity index (χ0) is 21.3. The summed E-state index contributed by atoms with van der Waals surface area (Å²) in [5.74, 6) is -1.67. The van der Waals surface area contributed by atoms with E-state index in [1.165, 1.54) is 70.8 Å². The Morgan fingerprint density at radius 3 is 1.32 bits per heavy atom. The van der Waals surface area contributed by atoms with Gasteiger partial charge < -0.3 is 19.9 Å². The van der Waals surface area contributed by atoms with Crippen LogP contribution in [0.25, 0.3) is 0 Å². The predicted octanol–water partition coefficient (Wildman–Crippen LogP) is 1.88. The SMILES string of the molecule is CCCC(=O)O.CCCC(=O)[O-].CCCCCCCCCCCCN(C)C.[Na+]. The van der Waals surface area contributed by atoms with E-state index in [-0.39, 0.29) is 36.0 Å². The van der Waals surface area contributed by atoms with Crippen molar-refractivity contribution in [2.45, 2.75) is 111 Å². The van der Waals surface area contributed by atoms with Gasteiger partial charge in [0, 0.05) is 12.4 Å². The number of carbonyl (C=O) groups excluding carboxylic acids is 1. The number of hydrogen-bond donors (Lipinski definition) is 1. The van der Waals surface area contributed by atoms with Crippen LogP contribution in [-0.2, 0) is 9.59 Å². The Hall–Kier alpha value is -0.100. The molecule has 5 nitrogen and oxygen atoms in total. The Balaban J connectivity index is -0.000000184. The van der Waals surface area contributed by atoms with Crippen molar-refractivity contribution in [2.24, 2.45) is 0 Å². The topological polar surface area (TPSA) is 80.7 Å². The molecule has 0 aromatic rings. The third-order valence-corrected chi connectivity index (χ3v) is 3.88. The standard InChI is InChI=1S/C14H31N.2C4H8O2.Na/c1-4-5-6-7-8-9-10-11-12-13-14-15(2)3;2*1-2-3-4(5)6;/h4-14H2,1-3H3;2*2-3H2,1H3,(H,5,6);/q;;;+1/p-1. The van der Waals surface area contributed by atoms with Crippen molar-refractivity contribution < 1.29 is 49.4 Å². The van der Waals surface area contributed by atoms with E-state index in [1.807, 2.05) is 6.92 Å². The van der Waals surface area contributed by atoms with E-state index >= 15 is 0 Å². The molecule has 0 heterocycles. The number of rotatable bonds is 15. The molecule has 0 radical (unpaired) electrons. The molecule has 0 atom stereocenters. The van der Waals surface area contributed by atoms with Gasteiger partial charge in [-0.15, -0.1) is 0 Å². The van der Waals surface area contributed by atoms with Crippen molar-refractivity contribution in [1.29, 1.82) is 0 Å². The fourth-order valence-corrected chi connectivity index (χ4v) is 2.33. The number of unbranched alkanes of at least 4 members (excludes halogenated alkanes) is 9. The summed E-state index contributed by atoms with van der Waals surface area (Å²) in [5, 5.41) is 17.4. The maximum absolute atomic E-state index is 9.60. The molecule has 28 heavy (non-hydrogen) atoms. The second-order valence-corrected chi connectivity index (χ2v) is 7.25. The molecule has 0 aliphatic rings. The molecule has 0 saturated heterocycles. The Labute approximate surface area is 196 Å². The van der Waals surface area contributed by atoms with Crippen LogP contribution in [0.1, 0.15) is 111 Å². The first kappa shape index (κ1) is 35.3. The summed E-state index contributed by atoms with van der Waals surface area (Å²) in [7, 11) is 4.32. The molecule has 1 N–H and O–H groups in total. The van der Waals surface area contributed by atoms with E-state index in [0.717, 1.165) is 6.42 Å². The van der Waals surface area contributed by atoms with E-state index in [9.17, 15) is 14.7 Å². The van der Waals surface area contributed by atoms with Gasteiger partial charge in [0.25, 0.3) is 0 Å². The van der Waals surface area contributed by atoms with Crippen LogP contribution in [0.5, 0.6) is 0 Å². The van der Waals surface area contributed by atoms with Gasteiger partial charge >= 0.3 is 35.5 Å². The van der Waals surface area contributed by atoms with Crippen LogP contribution in [0.3, 0.4) is 0 Å². The average Bonchev–Trinajstić information content (AvgIpc) is 2.57. The van der Waals surface area contributed by atoms with Crippen molar-refractivity contribution in [1.82, 2.24) is 4.90 Å². The molecule has 0 fully saturated rings. The zero-order valence-electron chi connectivity index (χ0n) is 19.7. The normalized spacial score (nSPS) is 9.50. The molecule has 0 unspecified atom stereocenters. The van der Waals surface area contributed by atoms with Gasteiger partial charge in [-0.3, -0.25) is 4.79 Å². The van der Waals surface area contributed by atoms with E-state index in [2.05, 4.69) is 25.9 Å². The van der Waals surface area contributed by atoms with Crippen LogP contribution in [0.2, 0.25) is 0 Å². The van der Waals surface area contributed by atoms with Crippen molar-refractivity contribution >= 4 is 11.9 Å². The van der Waals surface area contributed by atoms with Gasteiger partial charge in [0.15, 0.2) is 0 Å². The molecule has 0 saturated carbocycles. The summed E-state index contributed by atoms with van der Waals surface area (Å²) in [6.45, 7) is 7.19. The Bertz CT molecular complexity index is 297.